The first kappa shape index (κ1) is 17.3. The van der Waals surface area contributed by atoms with Crippen LogP contribution >= 0.6 is 0 Å². The van der Waals surface area contributed by atoms with Gasteiger partial charge in [-0.25, -0.2) is 4.79 Å². The summed E-state index contributed by atoms with van der Waals surface area (Å²) in [6.45, 7) is 3.58. The van der Waals surface area contributed by atoms with E-state index in [4.69, 9.17) is 9.84 Å². The monoisotopic (exact) mass is 296 g/mol. The first-order valence-electron chi connectivity index (χ1n) is 7.44. The van der Waals surface area contributed by atoms with Crippen LogP contribution in [0.5, 0.6) is 11.5 Å². The fraction of sp³-hybridized carbons (Fsp3) is 0.562. The van der Waals surface area contributed by atoms with Crippen molar-refractivity contribution in [1.29, 1.82) is 0 Å². The van der Waals surface area contributed by atoms with Crippen LogP contribution in [0.4, 0.5) is 4.79 Å². The number of hydrogen-bond acceptors (Lipinski definition) is 4. The summed E-state index contributed by atoms with van der Waals surface area (Å²) in [5.41, 5.74) is 0.670. The minimum Gasteiger partial charge on any atom is -0.504 e. The molecule has 21 heavy (non-hydrogen) atoms. The van der Waals surface area contributed by atoms with Crippen molar-refractivity contribution in [2.75, 3.05) is 13.2 Å². The van der Waals surface area contributed by atoms with E-state index >= 15 is 0 Å². The van der Waals surface area contributed by atoms with Gasteiger partial charge in [-0.3, -0.25) is 0 Å². The van der Waals surface area contributed by atoms with Crippen molar-refractivity contribution in [2.24, 2.45) is 0 Å². The Morgan fingerprint density at radius 3 is 2.62 bits per heavy atom. The number of ether oxygens (including phenoxy) is 2. The molecule has 5 heteroatoms. The number of para-hydroxylation sites is 1. The number of aromatic hydroxyl groups is 1. The third kappa shape index (κ3) is 6.99. The fourth-order valence-electron chi connectivity index (χ4n) is 2.04. The van der Waals surface area contributed by atoms with Gasteiger partial charge < -0.3 is 19.7 Å². The highest BCUT2D eigenvalue weighted by molar-refractivity contribution is 5.63. The second-order valence-corrected chi connectivity index (χ2v) is 4.91. The summed E-state index contributed by atoms with van der Waals surface area (Å²) in [5.74, 6) is -0.136. The molecule has 118 valence electrons. The van der Waals surface area contributed by atoms with Crippen molar-refractivity contribution in [1.82, 2.24) is 0 Å². The zero-order valence-corrected chi connectivity index (χ0v) is 12.5. The number of benzene rings is 1. The van der Waals surface area contributed by atoms with Gasteiger partial charge in [-0.1, -0.05) is 38.3 Å². The minimum atomic E-state index is -1.43. The summed E-state index contributed by atoms with van der Waals surface area (Å²) in [4.78, 5) is 10.5. The number of unbranched alkanes of at least 4 members (excludes halogenated alkanes) is 3. The molecule has 0 fully saturated rings. The fourth-order valence-corrected chi connectivity index (χ4v) is 2.04. The van der Waals surface area contributed by atoms with Gasteiger partial charge in [0.05, 0.1) is 0 Å². The Hall–Kier alpha value is -1.75. The third-order valence-electron chi connectivity index (χ3n) is 3.16. The van der Waals surface area contributed by atoms with E-state index in [2.05, 4.69) is 11.7 Å². The molecule has 0 heterocycles. The molecule has 0 saturated heterocycles. The average molecular weight is 296 g/mol. The lowest BCUT2D eigenvalue weighted by molar-refractivity contribution is 0.127. The molecular formula is C16H24O5. The van der Waals surface area contributed by atoms with Crippen LogP contribution in [0.3, 0.4) is 0 Å². The van der Waals surface area contributed by atoms with E-state index in [0.717, 1.165) is 19.4 Å². The largest absolute Gasteiger partial charge is 0.511 e. The number of phenols is 1. The van der Waals surface area contributed by atoms with Crippen molar-refractivity contribution in [3.8, 4) is 11.5 Å². The summed E-state index contributed by atoms with van der Waals surface area (Å²) in [6.07, 6.45) is 4.71. The Labute approximate surface area is 125 Å². The number of aryl methyl sites for hydroxylation is 1. The first-order chi connectivity index (χ1) is 10.1. The van der Waals surface area contributed by atoms with Crippen LogP contribution in [0.1, 0.15) is 44.6 Å². The Morgan fingerprint density at radius 2 is 1.90 bits per heavy atom. The van der Waals surface area contributed by atoms with E-state index in [1.165, 1.54) is 25.3 Å². The molecule has 2 N–H and O–H groups in total. The van der Waals surface area contributed by atoms with Crippen LogP contribution in [0, 0.1) is 0 Å². The van der Waals surface area contributed by atoms with Gasteiger partial charge in [0.25, 0.3) is 0 Å². The lowest BCUT2D eigenvalue weighted by atomic mass is 10.1. The van der Waals surface area contributed by atoms with Crippen LogP contribution in [-0.4, -0.2) is 29.6 Å². The molecule has 0 aromatic heterocycles. The molecule has 1 aromatic carbocycles. The van der Waals surface area contributed by atoms with Gasteiger partial charge in [-0.2, -0.15) is 0 Å². The third-order valence-corrected chi connectivity index (χ3v) is 3.16. The number of carboxylic acid groups (broad SMARTS) is 1. The Morgan fingerprint density at radius 1 is 1.14 bits per heavy atom. The Bertz CT molecular complexity index is 431. The highest BCUT2D eigenvalue weighted by Gasteiger charge is 2.10. The summed E-state index contributed by atoms with van der Waals surface area (Å²) in [5, 5.41) is 18.5. The van der Waals surface area contributed by atoms with Crippen molar-refractivity contribution in [3.05, 3.63) is 23.8 Å². The van der Waals surface area contributed by atoms with Gasteiger partial charge in [0.15, 0.2) is 11.5 Å². The molecule has 0 radical (unpaired) electrons. The van der Waals surface area contributed by atoms with Gasteiger partial charge in [0.1, 0.15) is 0 Å². The highest BCUT2D eigenvalue weighted by atomic mass is 16.7. The predicted molar refractivity (Wildman–Crippen MR) is 80.0 cm³/mol. The molecule has 0 amide bonds. The van der Waals surface area contributed by atoms with E-state index in [0.29, 0.717) is 18.6 Å². The Balaban J connectivity index is 2.27. The molecule has 1 rings (SSSR count). The molecular weight excluding hydrogens is 272 g/mol. The van der Waals surface area contributed by atoms with Crippen molar-refractivity contribution in [2.45, 2.75) is 45.4 Å². The predicted octanol–water partition coefficient (Wildman–Crippen LogP) is 3.98. The smallest absolute Gasteiger partial charge is 0.504 e. The van der Waals surface area contributed by atoms with Gasteiger partial charge in [-0.15, -0.1) is 0 Å². The van der Waals surface area contributed by atoms with E-state index in [1.54, 1.807) is 12.1 Å². The van der Waals surface area contributed by atoms with Crippen LogP contribution < -0.4 is 4.74 Å². The SMILES string of the molecule is CCCCCCOCCCc1cccc(OC(=O)O)c1O. The van der Waals surface area contributed by atoms with Gasteiger partial charge in [0, 0.05) is 13.2 Å². The van der Waals surface area contributed by atoms with Crippen LogP contribution in [0.15, 0.2) is 18.2 Å². The van der Waals surface area contributed by atoms with E-state index in [1.807, 2.05) is 0 Å². The van der Waals surface area contributed by atoms with Crippen LogP contribution in [0.2, 0.25) is 0 Å². The molecule has 0 unspecified atom stereocenters. The van der Waals surface area contributed by atoms with Gasteiger partial charge in [-0.05, 0) is 30.9 Å². The van der Waals surface area contributed by atoms with Crippen molar-refractivity contribution >= 4 is 6.16 Å². The molecule has 0 aliphatic heterocycles. The summed E-state index contributed by atoms with van der Waals surface area (Å²) in [6, 6.07) is 4.85. The molecule has 0 bridgehead atoms. The minimum absolute atomic E-state index is 0.0273. The number of rotatable bonds is 10. The van der Waals surface area contributed by atoms with Crippen molar-refractivity contribution in [3.63, 3.8) is 0 Å². The molecule has 5 nitrogen and oxygen atoms in total. The summed E-state index contributed by atoms with van der Waals surface area (Å²) in [7, 11) is 0. The zero-order valence-electron chi connectivity index (χ0n) is 12.5. The molecule has 1 aromatic rings. The molecule has 0 aliphatic carbocycles. The first-order valence-corrected chi connectivity index (χ1v) is 7.44. The lowest BCUT2D eigenvalue weighted by Gasteiger charge is -2.09. The highest BCUT2D eigenvalue weighted by Crippen LogP contribution is 2.30. The number of carbonyl (C=O) groups is 1. The maximum Gasteiger partial charge on any atom is 0.511 e. The average Bonchev–Trinajstić information content (AvgIpc) is 2.45. The number of hydrogen-bond donors (Lipinski definition) is 2. The van der Waals surface area contributed by atoms with Gasteiger partial charge >= 0.3 is 6.16 Å². The topological polar surface area (TPSA) is 76.0 Å². The van der Waals surface area contributed by atoms with Crippen LogP contribution in [-0.2, 0) is 11.2 Å². The zero-order chi connectivity index (χ0) is 15.5. The second kappa shape index (κ2) is 10.0. The lowest BCUT2D eigenvalue weighted by Crippen LogP contribution is -2.04. The Kier molecular flexibility index (Phi) is 8.28. The number of phenolic OH excluding ortho intramolecular Hbond substituents is 1. The quantitative estimate of drug-likeness (QED) is 0.388. The summed E-state index contributed by atoms with van der Waals surface area (Å²) >= 11 is 0. The summed E-state index contributed by atoms with van der Waals surface area (Å²) < 4.78 is 10.0. The van der Waals surface area contributed by atoms with Crippen molar-refractivity contribution < 1.29 is 24.5 Å². The molecule has 0 aliphatic rings. The second-order valence-electron chi connectivity index (χ2n) is 4.91. The van der Waals surface area contributed by atoms with E-state index in [-0.39, 0.29) is 11.5 Å². The van der Waals surface area contributed by atoms with E-state index in [9.17, 15) is 9.90 Å². The standard InChI is InChI=1S/C16H24O5/c1-2-3-4-5-11-20-12-7-9-13-8-6-10-14(15(13)17)21-16(18)19/h6,8,10,17H,2-5,7,9,11-12H2,1H3,(H,18,19). The maximum atomic E-state index is 10.5. The molecule has 0 spiro atoms. The molecule has 0 atom stereocenters. The normalized spacial score (nSPS) is 10.5. The van der Waals surface area contributed by atoms with Gasteiger partial charge in [0.2, 0.25) is 0 Å². The van der Waals surface area contributed by atoms with Crippen LogP contribution in [0.25, 0.3) is 0 Å². The molecule has 0 saturated carbocycles. The maximum absolute atomic E-state index is 10.5. The van der Waals surface area contributed by atoms with E-state index < -0.39 is 6.16 Å².